The number of nitrogens with one attached hydrogen (secondary N) is 1. The van der Waals surface area contributed by atoms with Crippen LogP contribution >= 0.6 is 0 Å². The van der Waals surface area contributed by atoms with Gasteiger partial charge in [-0.15, -0.1) is 0 Å². The Morgan fingerprint density at radius 2 is 1.73 bits per heavy atom. The molecular formula is C23H27N5O4S. The zero-order chi connectivity index (χ0) is 23.3. The molecule has 2 heterocycles. The highest BCUT2D eigenvalue weighted by Crippen LogP contribution is 2.30. The summed E-state index contributed by atoms with van der Waals surface area (Å²) >= 11 is 0. The normalized spacial score (nSPS) is 15.2. The molecule has 33 heavy (non-hydrogen) atoms. The van der Waals surface area contributed by atoms with Gasteiger partial charge in [-0.2, -0.15) is 9.40 Å². The van der Waals surface area contributed by atoms with Crippen LogP contribution in [0.3, 0.4) is 0 Å². The van der Waals surface area contributed by atoms with E-state index in [2.05, 4.69) is 10.4 Å². The minimum absolute atomic E-state index is 0.0410. The second-order valence-corrected chi connectivity index (χ2v) is 10.0. The van der Waals surface area contributed by atoms with Crippen LogP contribution in [-0.2, 0) is 23.1 Å². The molecule has 0 amide bonds. The Bertz CT molecular complexity index is 1200. The molecule has 0 atom stereocenters. The molecule has 0 spiro atoms. The lowest BCUT2D eigenvalue weighted by molar-refractivity contribution is -0.384. The van der Waals surface area contributed by atoms with Crippen LogP contribution in [0.5, 0.6) is 0 Å². The standard InChI is InChI=1S/C23H27N5O4S/c29-28(30)23-16-21(33(31,32)27-14-5-1-2-6-15-27)10-11-22(23)24-17-19-8-3-4-9-20(19)18-26-13-7-12-25-26/h3-4,7-13,16,24H,1-2,5-6,14-15,17-18H2. The third-order valence-electron chi connectivity index (χ3n) is 5.85. The van der Waals surface area contributed by atoms with E-state index in [0.717, 1.165) is 42.9 Å². The first-order chi connectivity index (χ1) is 15.9. The van der Waals surface area contributed by atoms with Crippen molar-refractivity contribution in [2.24, 2.45) is 0 Å². The van der Waals surface area contributed by atoms with Crippen molar-refractivity contribution in [3.05, 3.63) is 82.2 Å². The van der Waals surface area contributed by atoms with Crippen LogP contribution in [0.15, 0.2) is 65.8 Å². The number of aromatic nitrogens is 2. The zero-order valence-electron chi connectivity index (χ0n) is 18.3. The van der Waals surface area contributed by atoms with E-state index in [4.69, 9.17) is 0 Å². The second-order valence-electron chi connectivity index (χ2n) is 8.08. The molecule has 1 aliphatic rings. The van der Waals surface area contributed by atoms with E-state index in [-0.39, 0.29) is 16.3 Å². The van der Waals surface area contributed by atoms with Gasteiger partial charge in [-0.05, 0) is 42.2 Å². The number of nitro benzene ring substituents is 1. The van der Waals surface area contributed by atoms with Crippen LogP contribution < -0.4 is 5.32 Å². The van der Waals surface area contributed by atoms with Gasteiger partial charge in [-0.1, -0.05) is 37.1 Å². The molecular weight excluding hydrogens is 442 g/mol. The maximum atomic E-state index is 13.1. The van der Waals surface area contributed by atoms with E-state index in [1.165, 1.54) is 16.4 Å². The predicted octanol–water partition coefficient (Wildman–Crippen LogP) is 4.02. The summed E-state index contributed by atoms with van der Waals surface area (Å²) in [6.07, 6.45) is 7.19. The van der Waals surface area contributed by atoms with E-state index in [1.807, 2.05) is 41.2 Å². The van der Waals surface area contributed by atoms with E-state index < -0.39 is 14.9 Å². The lowest BCUT2D eigenvalue weighted by Crippen LogP contribution is -2.32. The maximum Gasteiger partial charge on any atom is 0.293 e. The molecule has 0 radical (unpaired) electrons. The molecule has 2 aromatic carbocycles. The van der Waals surface area contributed by atoms with E-state index in [1.54, 1.807) is 6.20 Å². The van der Waals surface area contributed by atoms with Crippen LogP contribution in [0.1, 0.15) is 36.8 Å². The van der Waals surface area contributed by atoms with E-state index >= 15 is 0 Å². The Morgan fingerprint density at radius 3 is 2.39 bits per heavy atom. The number of hydrogen-bond acceptors (Lipinski definition) is 6. The molecule has 3 aromatic rings. The molecule has 0 aliphatic carbocycles. The van der Waals surface area contributed by atoms with Gasteiger partial charge in [0.25, 0.3) is 5.69 Å². The number of anilines is 1. The molecule has 1 N–H and O–H groups in total. The first-order valence-corrected chi connectivity index (χ1v) is 12.5. The number of benzene rings is 2. The number of nitro groups is 1. The molecule has 9 nitrogen and oxygen atoms in total. The molecule has 1 fully saturated rings. The molecule has 1 aromatic heterocycles. The quantitative estimate of drug-likeness (QED) is 0.394. The molecule has 1 saturated heterocycles. The van der Waals surface area contributed by atoms with Crippen molar-refractivity contribution in [1.29, 1.82) is 0 Å². The van der Waals surface area contributed by atoms with Gasteiger partial charge in [0, 0.05) is 38.1 Å². The summed E-state index contributed by atoms with van der Waals surface area (Å²) in [6, 6.07) is 13.7. The van der Waals surface area contributed by atoms with Crippen molar-refractivity contribution >= 4 is 21.4 Å². The fourth-order valence-electron chi connectivity index (χ4n) is 4.05. The molecule has 1 aliphatic heterocycles. The Labute approximate surface area is 193 Å². The van der Waals surface area contributed by atoms with Gasteiger partial charge in [-0.25, -0.2) is 8.42 Å². The fraction of sp³-hybridized carbons (Fsp3) is 0.348. The van der Waals surface area contributed by atoms with Gasteiger partial charge in [-0.3, -0.25) is 14.8 Å². The SMILES string of the molecule is O=[N+]([O-])c1cc(S(=O)(=O)N2CCCCCC2)ccc1NCc1ccccc1Cn1cccn1. The minimum atomic E-state index is -3.77. The first-order valence-electron chi connectivity index (χ1n) is 11.0. The van der Waals surface area contributed by atoms with Crippen LogP contribution in [-0.4, -0.2) is 40.5 Å². The van der Waals surface area contributed by atoms with Gasteiger partial charge in [0.15, 0.2) is 0 Å². The largest absolute Gasteiger partial charge is 0.375 e. The summed E-state index contributed by atoms with van der Waals surface area (Å²) in [5, 5.41) is 19.1. The van der Waals surface area contributed by atoms with E-state index in [9.17, 15) is 18.5 Å². The number of hydrogen-bond donors (Lipinski definition) is 1. The first kappa shape index (κ1) is 22.9. The lowest BCUT2D eigenvalue weighted by atomic mass is 10.1. The Morgan fingerprint density at radius 1 is 1.00 bits per heavy atom. The van der Waals surface area contributed by atoms with Crippen molar-refractivity contribution in [3.8, 4) is 0 Å². The minimum Gasteiger partial charge on any atom is -0.375 e. The number of rotatable bonds is 8. The van der Waals surface area contributed by atoms with Gasteiger partial charge in [0.1, 0.15) is 5.69 Å². The fourth-order valence-corrected chi connectivity index (χ4v) is 5.58. The predicted molar refractivity (Wildman–Crippen MR) is 125 cm³/mol. The van der Waals surface area contributed by atoms with Crippen LogP contribution in [0.4, 0.5) is 11.4 Å². The third-order valence-corrected chi connectivity index (χ3v) is 7.74. The highest BCUT2D eigenvalue weighted by molar-refractivity contribution is 7.89. The summed E-state index contributed by atoms with van der Waals surface area (Å²) in [4.78, 5) is 11.2. The Kier molecular flexibility index (Phi) is 7.05. The molecule has 0 bridgehead atoms. The highest BCUT2D eigenvalue weighted by atomic mass is 32.2. The van der Waals surface area contributed by atoms with Gasteiger partial charge in [0.2, 0.25) is 10.0 Å². The highest BCUT2D eigenvalue weighted by Gasteiger charge is 2.28. The Balaban J connectivity index is 1.55. The average molecular weight is 470 g/mol. The van der Waals surface area contributed by atoms with Crippen molar-refractivity contribution in [1.82, 2.24) is 14.1 Å². The number of sulfonamides is 1. The van der Waals surface area contributed by atoms with Gasteiger partial charge < -0.3 is 5.32 Å². The van der Waals surface area contributed by atoms with Crippen LogP contribution in [0.2, 0.25) is 0 Å². The lowest BCUT2D eigenvalue weighted by Gasteiger charge is -2.20. The average Bonchev–Trinajstić information content (AvgIpc) is 3.16. The molecule has 4 rings (SSSR count). The van der Waals surface area contributed by atoms with Gasteiger partial charge >= 0.3 is 0 Å². The van der Waals surface area contributed by atoms with Crippen molar-refractivity contribution in [3.63, 3.8) is 0 Å². The second kappa shape index (κ2) is 10.1. The van der Waals surface area contributed by atoms with Crippen molar-refractivity contribution in [2.75, 3.05) is 18.4 Å². The summed E-state index contributed by atoms with van der Waals surface area (Å²) in [6.45, 7) is 1.84. The third kappa shape index (κ3) is 5.40. The summed E-state index contributed by atoms with van der Waals surface area (Å²) in [5.41, 5.74) is 2.04. The molecule has 0 unspecified atom stereocenters. The zero-order valence-corrected chi connectivity index (χ0v) is 19.1. The maximum absolute atomic E-state index is 13.1. The monoisotopic (exact) mass is 469 g/mol. The topological polar surface area (TPSA) is 110 Å². The van der Waals surface area contributed by atoms with Crippen LogP contribution in [0.25, 0.3) is 0 Å². The van der Waals surface area contributed by atoms with Crippen LogP contribution in [0, 0.1) is 10.1 Å². The number of nitrogens with zero attached hydrogens (tertiary/aromatic N) is 4. The van der Waals surface area contributed by atoms with E-state index in [0.29, 0.717) is 26.2 Å². The van der Waals surface area contributed by atoms with Gasteiger partial charge in [0.05, 0.1) is 16.4 Å². The summed E-state index contributed by atoms with van der Waals surface area (Å²) in [5.74, 6) is 0. The summed E-state index contributed by atoms with van der Waals surface area (Å²) < 4.78 is 29.4. The smallest absolute Gasteiger partial charge is 0.293 e. The Hall–Kier alpha value is -3.24. The molecule has 0 saturated carbocycles. The molecule has 174 valence electrons. The van der Waals surface area contributed by atoms with Crippen molar-refractivity contribution in [2.45, 2.75) is 43.7 Å². The molecule has 10 heteroatoms. The summed E-state index contributed by atoms with van der Waals surface area (Å²) in [7, 11) is -3.77. The van der Waals surface area contributed by atoms with Crippen molar-refractivity contribution < 1.29 is 13.3 Å².